The Balaban J connectivity index is 2.01. The molecule has 37 heavy (non-hydrogen) atoms. The molecular formula is C28H32FN3O4S. The van der Waals surface area contributed by atoms with E-state index in [0.717, 1.165) is 15.9 Å². The number of halogens is 1. The van der Waals surface area contributed by atoms with E-state index in [-0.39, 0.29) is 29.1 Å². The first-order valence-electron chi connectivity index (χ1n) is 12.1. The van der Waals surface area contributed by atoms with Crippen LogP contribution in [0.5, 0.6) is 0 Å². The second-order valence-corrected chi connectivity index (χ2v) is 10.6. The van der Waals surface area contributed by atoms with Crippen molar-refractivity contribution in [3.8, 4) is 0 Å². The Morgan fingerprint density at radius 1 is 0.892 bits per heavy atom. The molecule has 0 aromatic heterocycles. The maximum atomic E-state index is 14.9. The van der Waals surface area contributed by atoms with Crippen molar-refractivity contribution >= 4 is 27.5 Å². The number of amides is 2. The number of nitrogens with one attached hydrogen (secondary N) is 1. The molecule has 0 radical (unpaired) electrons. The third kappa shape index (κ3) is 6.95. The molecule has 196 valence electrons. The van der Waals surface area contributed by atoms with E-state index < -0.39 is 34.3 Å². The van der Waals surface area contributed by atoms with E-state index >= 15 is 0 Å². The lowest BCUT2D eigenvalue weighted by Gasteiger charge is -2.32. The second-order valence-electron chi connectivity index (χ2n) is 8.78. The highest BCUT2D eigenvalue weighted by molar-refractivity contribution is 7.92. The molecule has 7 nitrogen and oxygen atoms in total. The number of rotatable bonds is 11. The molecule has 0 heterocycles. The summed E-state index contributed by atoms with van der Waals surface area (Å²) in [6, 6.07) is 21.0. The van der Waals surface area contributed by atoms with Crippen LogP contribution in [0.2, 0.25) is 0 Å². The van der Waals surface area contributed by atoms with E-state index in [1.807, 2.05) is 44.2 Å². The molecule has 0 saturated heterocycles. The van der Waals surface area contributed by atoms with Gasteiger partial charge in [0.05, 0.1) is 10.6 Å². The van der Waals surface area contributed by atoms with Gasteiger partial charge < -0.3 is 10.2 Å². The maximum Gasteiger partial charge on any atom is 0.264 e. The number of hydrogen-bond acceptors (Lipinski definition) is 4. The van der Waals surface area contributed by atoms with Gasteiger partial charge in [-0.3, -0.25) is 13.9 Å². The van der Waals surface area contributed by atoms with Crippen molar-refractivity contribution < 1.29 is 22.4 Å². The standard InChI is InChI=1S/C28H32FN3O4S/c1-4-21(2)30-28(34)22(3)31(19-23-13-7-5-8-14-23)27(33)20-32(26-18-12-11-17-25(26)29)37(35,36)24-15-9-6-10-16-24/h5-18,21-22H,4,19-20H2,1-3H3,(H,30,34). The molecule has 0 aliphatic rings. The quantitative estimate of drug-likeness (QED) is 0.403. The van der Waals surface area contributed by atoms with Crippen molar-refractivity contribution in [2.45, 2.75) is 50.7 Å². The number of nitrogens with zero attached hydrogens (tertiary/aromatic N) is 2. The molecule has 3 aromatic rings. The number of anilines is 1. The second kappa shape index (κ2) is 12.5. The van der Waals surface area contributed by atoms with Crippen LogP contribution in [-0.4, -0.2) is 43.8 Å². The van der Waals surface area contributed by atoms with Crippen LogP contribution >= 0.6 is 0 Å². The number of benzene rings is 3. The minimum atomic E-state index is -4.30. The van der Waals surface area contributed by atoms with Crippen LogP contribution in [0.25, 0.3) is 0 Å². The van der Waals surface area contributed by atoms with Crippen molar-refractivity contribution in [3.05, 3.63) is 96.3 Å². The third-order valence-corrected chi connectivity index (χ3v) is 7.87. The Labute approximate surface area is 218 Å². The highest BCUT2D eigenvalue weighted by Crippen LogP contribution is 2.26. The zero-order valence-electron chi connectivity index (χ0n) is 21.2. The SMILES string of the molecule is CCC(C)NC(=O)C(C)N(Cc1ccccc1)C(=O)CN(c1ccccc1F)S(=O)(=O)c1ccccc1. The van der Waals surface area contributed by atoms with E-state index in [9.17, 15) is 22.4 Å². The molecule has 0 aliphatic carbocycles. The van der Waals surface area contributed by atoms with Crippen LogP contribution < -0.4 is 9.62 Å². The number of sulfonamides is 1. The van der Waals surface area contributed by atoms with Gasteiger partial charge in [0.25, 0.3) is 10.0 Å². The number of para-hydroxylation sites is 1. The van der Waals surface area contributed by atoms with Crippen LogP contribution in [-0.2, 0) is 26.2 Å². The third-order valence-electron chi connectivity index (χ3n) is 6.10. The Morgan fingerprint density at radius 2 is 1.46 bits per heavy atom. The van der Waals surface area contributed by atoms with Gasteiger partial charge in [0, 0.05) is 12.6 Å². The molecule has 0 saturated carbocycles. The zero-order chi connectivity index (χ0) is 27.0. The van der Waals surface area contributed by atoms with Crippen molar-refractivity contribution in [2.75, 3.05) is 10.8 Å². The average Bonchev–Trinajstić information content (AvgIpc) is 2.91. The minimum absolute atomic E-state index is 0.0747. The number of hydrogen-bond donors (Lipinski definition) is 1. The minimum Gasteiger partial charge on any atom is -0.352 e. The molecule has 2 amide bonds. The van der Waals surface area contributed by atoms with Gasteiger partial charge in [0.1, 0.15) is 18.4 Å². The Morgan fingerprint density at radius 3 is 2.05 bits per heavy atom. The van der Waals surface area contributed by atoms with Crippen LogP contribution in [0, 0.1) is 5.82 Å². The van der Waals surface area contributed by atoms with Crippen molar-refractivity contribution in [1.29, 1.82) is 0 Å². The van der Waals surface area contributed by atoms with Gasteiger partial charge in [-0.05, 0) is 50.1 Å². The number of carbonyl (C=O) groups is 2. The summed E-state index contributed by atoms with van der Waals surface area (Å²) in [7, 11) is -4.30. The first-order chi connectivity index (χ1) is 17.6. The first-order valence-corrected chi connectivity index (χ1v) is 13.5. The van der Waals surface area contributed by atoms with Gasteiger partial charge in [0.15, 0.2) is 0 Å². The summed E-state index contributed by atoms with van der Waals surface area (Å²) in [5.74, 6) is -1.78. The van der Waals surface area contributed by atoms with E-state index in [1.54, 1.807) is 25.1 Å². The van der Waals surface area contributed by atoms with Crippen molar-refractivity contribution in [1.82, 2.24) is 10.2 Å². The smallest absolute Gasteiger partial charge is 0.264 e. The van der Waals surface area contributed by atoms with Crippen molar-refractivity contribution in [3.63, 3.8) is 0 Å². The maximum absolute atomic E-state index is 14.9. The Kier molecular flexibility index (Phi) is 9.41. The summed E-state index contributed by atoms with van der Waals surface area (Å²) in [5.41, 5.74) is 0.512. The first kappa shape index (κ1) is 27.9. The van der Waals surface area contributed by atoms with Gasteiger partial charge in [-0.1, -0.05) is 67.6 Å². The van der Waals surface area contributed by atoms with Gasteiger partial charge >= 0.3 is 0 Å². The fraction of sp³-hybridized carbons (Fsp3) is 0.286. The van der Waals surface area contributed by atoms with Gasteiger partial charge in [0.2, 0.25) is 11.8 Å². The summed E-state index contributed by atoms with van der Waals surface area (Å²) in [4.78, 5) is 28.0. The summed E-state index contributed by atoms with van der Waals surface area (Å²) >= 11 is 0. The van der Waals surface area contributed by atoms with Gasteiger partial charge in [-0.2, -0.15) is 0 Å². The van der Waals surface area contributed by atoms with E-state index in [2.05, 4.69) is 5.32 Å². The molecule has 2 atom stereocenters. The van der Waals surface area contributed by atoms with Gasteiger partial charge in [-0.25, -0.2) is 12.8 Å². The van der Waals surface area contributed by atoms with E-state index in [1.165, 1.54) is 35.2 Å². The summed E-state index contributed by atoms with van der Waals surface area (Å²) in [6.45, 7) is 4.78. The van der Waals surface area contributed by atoms with E-state index in [0.29, 0.717) is 6.42 Å². The molecule has 0 aliphatic heterocycles. The van der Waals surface area contributed by atoms with Crippen LogP contribution in [0.1, 0.15) is 32.8 Å². The summed E-state index contributed by atoms with van der Waals surface area (Å²) in [5, 5.41) is 2.88. The molecule has 2 unspecified atom stereocenters. The van der Waals surface area contributed by atoms with Crippen LogP contribution in [0.3, 0.4) is 0 Å². The lowest BCUT2D eigenvalue weighted by atomic mass is 10.1. The molecule has 9 heteroatoms. The fourth-order valence-corrected chi connectivity index (χ4v) is 5.16. The molecule has 0 bridgehead atoms. The summed E-state index contributed by atoms with van der Waals surface area (Å²) < 4.78 is 42.8. The predicted molar refractivity (Wildman–Crippen MR) is 142 cm³/mol. The molecular weight excluding hydrogens is 493 g/mol. The zero-order valence-corrected chi connectivity index (χ0v) is 22.0. The Hall–Kier alpha value is -3.72. The number of carbonyl (C=O) groups excluding carboxylic acids is 2. The van der Waals surface area contributed by atoms with Gasteiger partial charge in [-0.15, -0.1) is 0 Å². The Bertz CT molecular complexity index is 1300. The molecule has 0 fully saturated rings. The highest BCUT2D eigenvalue weighted by Gasteiger charge is 2.33. The molecule has 3 aromatic carbocycles. The van der Waals surface area contributed by atoms with Crippen LogP contribution in [0.4, 0.5) is 10.1 Å². The molecule has 3 rings (SSSR count). The molecule has 0 spiro atoms. The normalized spacial score (nSPS) is 12.9. The predicted octanol–water partition coefficient (Wildman–Crippen LogP) is 4.35. The van der Waals surface area contributed by atoms with Crippen molar-refractivity contribution in [2.24, 2.45) is 0 Å². The van der Waals surface area contributed by atoms with Crippen LogP contribution in [0.15, 0.2) is 89.8 Å². The van der Waals surface area contributed by atoms with E-state index in [4.69, 9.17) is 0 Å². The average molecular weight is 526 g/mol. The highest BCUT2D eigenvalue weighted by atomic mass is 32.2. The largest absolute Gasteiger partial charge is 0.352 e. The molecule has 1 N–H and O–H groups in total. The lowest BCUT2D eigenvalue weighted by Crippen LogP contribution is -2.52. The lowest BCUT2D eigenvalue weighted by molar-refractivity contribution is -0.139. The summed E-state index contributed by atoms with van der Waals surface area (Å²) in [6.07, 6.45) is 0.710. The fourth-order valence-electron chi connectivity index (χ4n) is 3.72. The monoisotopic (exact) mass is 525 g/mol. The topological polar surface area (TPSA) is 86.8 Å².